The molecular formula is C10H10ClN3. The zero-order valence-corrected chi connectivity index (χ0v) is 8.49. The summed E-state index contributed by atoms with van der Waals surface area (Å²) in [5.74, 6) is 0.500. The van der Waals surface area contributed by atoms with E-state index in [2.05, 4.69) is 4.98 Å². The van der Waals surface area contributed by atoms with Crippen molar-refractivity contribution >= 4 is 17.5 Å². The second kappa shape index (κ2) is 3.35. The molecule has 0 saturated carbocycles. The lowest BCUT2D eigenvalue weighted by Gasteiger charge is -2.03. The standard InChI is InChI=1S/C10H10ClN3/c1-14-9(6-13-10(14)12)7-3-2-4-8(11)5-7/h2-6H,1H3,(H2,12,13). The third kappa shape index (κ3) is 1.46. The average Bonchev–Trinajstić information content (AvgIpc) is 2.48. The van der Waals surface area contributed by atoms with E-state index >= 15 is 0 Å². The first kappa shape index (κ1) is 9.09. The van der Waals surface area contributed by atoms with Crippen molar-refractivity contribution < 1.29 is 0 Å². The molecule has 0 unspecified atom stereocenters. The van der Waals surface area contributed by atoms with Crippen LogP contribution in [0.1, 0.15) is 0 Å². The molecule has 1 heterocycles. The van der Waals surface area contributed by atoms with Gasteiger partial charge in [0.15, 0.2) is 5.95 Å². The van der Waals surface area contributed by atoms with E-state index in [0.29, 0.717) is 11.0 Å². The lowest BCUT2D eigenvalue weighted by atomic mass is 10.2. The molecule has 0 spiro atoms. The van der Waals surface area contributed by atoms with E-state index in [1.807, 2.05) is 35.9 Å². The molecule has 0 bridgehead atoms. The van der Waals surface area contributed by atoms with Crippen molar-refractivity contribution in [1.29, 1.82) is 0 Å². The maximum atomic E-state index is 5.89. The normalized spacial score (nSPS) is 10.4. The molecule has 72 valence electrons. The Morgan fingerprint density at radius 1 is 1.43 bits per heavy atom. The highest BCUT2D eigenvalue weighted by Crippen LogP contribution is 2.23. The topological polar surface area (TPSA) is 43.8 Å². The maximum absolute atomic E-state index is 5.89. The molecule has 1 aromatic heterocycles. The van der Waals surface area contributed by atoms with Gasteiger partial charge in [0.2, 0.25) is 0 Å². The molecule has 0 fully saturated rings. The van der Waals surface area contributed by atoms with E-state index < -0.39 is 0 Å². The van der Waals surface area contributed by atoms with Crippen molar-refractivity contribution in [3.63, 3.8) is 0 Å². The van der Waals surface area contributed by atoms with E-state index in [9.17, 15) is 0 Å². The number of rotatable bonds is 1. The number of imidazole rings is 1. The van der Waals surface area contributed by atoms with Crippen LogP contribution in [0.4, 0.5) is 5.95 Å². The van der Waals surface area contributed by atoms with Gasteiger partial charge in [-0.1, -0.05) is 23.7 Å². The predicted octanol–water partition coefficient (Wildman–Crippen LogP) is 2.32. The van der Waals surface area contributed by atoms with Gasteiger partial charge < -0.3 is 10.3 Å². The SMILES string of the molecule is Cn1c(-c2cccc(Cl)c2)cnc1N. The van der Waals surface area contributed by atoms with Gasteiger partial charge in [-0.15, -0.1) is 0 Å². The third-order valence-electron chi connectivity index (χ3n) is 2.14. The summed E-state index contributed by atoms with van der Waals surface area (Å²) in [7, 11) is 1.87. The van der Waals surface area contributed by atoms with Gasteiger partial charge in [-0.3, -0.25) is 0 Å². The van der Waals surface area contributed by atoms with E-state index in [1.165, 1.54) is 0 Å². The van der Waals surface area contributed by atoms with Gasteiger partial charge in [-0.2, -0.15) is 0 Å². The van der Waals surface area contributed by atoms with Crippen LogP contribution in [0.5, 0.6) is 0 Å². The molecule has 2 N–H and O–H groups in total. The molecule has 0 saturated heterocycles. The molecule has 2 rings (SSSR count). The molecule has 1 aromatic carbocycles. The number of aromatic nitrogens is 2. The van der Waals surface area contributed by atoms with Crippen LogP contribution in [0, 0.1) is 0 Å². The number of hydrogen-bond acceptors (Lipinski definition) is 2. The van der Waals surface area contributed by atoms with Gasteiger partial charge >= 0.3 is 0 Å². The third-order valence-corrected chi connectivity index (χ3v) is 2.38. The summed E-state index contributed by atoms with van der Waals surface area (Å²) in [5, 5.41) is 0.710. The van der Waals surface area contributed by atoms with Crippen molar-refractivity contribution in [2.24, 2.45) is 7.05 Å². The summed E-state index contributed by atoms with van der Waals surface area (Å²) < 4.78 is 1.83. The Hall–Kier alpha value is -1.48. The molecule has 0 aliphatic rings. The molecule has 4 heteroatoms. The highest BCUT2D eigenvalue weighted by Gasteiger charge is 2.05. The minimum atomic E-state index is 0.500. The molecule has 0 aliphatic heterocycles. The largest absolute Gasteiger partial charge is 0.369 e. The van der Waals surface area contributed by atoms with Crippen LogP contribution < -0.4 is 5.73 Å². The number of nitrogens with two attached hydrogens (primary N) is 1. The molecule has 2 aromatic rings. The zero-order valence-electron chi connectivity index (χ0n) is 7.74. The predicted molar refractivity (Wildman–Crippen MR) is 58.1 cm³/mol. The molecule has 0 radical (unpaired) electrons. The van der Waals surface area contributed by atoms with Crippen molar-refractivity contribution in [2.75, 3.05) is 5.73 Å². The summed E-state index contributed by atoms with van der Waals surface area (Å²) in [6.07, 6.45) is 1.74. The van der Waals surface area contributed by atoms with Crippen LogP contribution in [0.25, 0.3) is 11.3 Å². The highest BCUT2D eigenvalue weighted by atomic mass is 35.5. The highest BCUT2D eigenvalue weighted by molar-refractivity contribution is 6.30. The quantitative estimate of drug-likeness (QED) is 0.780. The summed E-state index contributed by atoms with van der Waals surface area (Å²) in [4.78, 5) is 4.02. The molecule has 0 aliphatic carbocycles. The number of halogens is 1. The smallest absolute Gasteiger partial charge is 0.200 e. The maximum Gasteiger partial charge on any atom is 0.200 e. The Kier molecular flexibility index (Phi) is 2.17. The fourth-order valence-corrected chi connectivity index (χ4v) is 1.53. The first-order valence-electron chi connectivity index (χ1n) is 4.21. The Morgan fingerprint density at radius 2 is 2.21 bits per heavy atom. The summed E-state index contributed by atoms with van der Waals surface area (Å²) in [6.45, 7) is 0. The fourth-order valence-electron chi connectivity index (χ4n) is 1.34. The number of nitrogen functional groups attached to an aromatic ring is 1. The molecule has 14 heavy (non-hydrogen) atoms. The Morgan fingerprint density at radius 3 is 2.79 bits per heavy atom. The lowest BCUT2D eigenvalue weighted by molar-refractivity contribution is 0.938. The molecule has 0 atom stereocenters. The molecule has 3 nitrogen and oxygen atoms in total. The number of benzene rings is 1. The number of hydrogen-bond donors (Lipinski definition) is 1. The van der Waals surface area contributed by atoms with Crippen molar-refractivity contribution in [2.45, 2.75) is 0 Å². The van der Waals surface area contributed by atoms with Crippen LogP contribution in [-0.2, 0) is 7.05 Å². The lowest BCUT2D eigenvalue weighted by Crippen LogP contribution is -1.98. The summed E-state index contributed by atoms with van der Waals surface area (Å²) in [6, 6.07) is 7.60. The second-order valence-electron chi connectivity index (χ2n) is 3.07. The van der Waals surface area contributed by atoms with Crippen LogP contribution in [0.3, 0.4) is 0 Å². The van der Waals surface area contributed by atoms with E-state index in [0.717, 1.165) is 11.3 Å². The van der Waals surface area contributed by atoms with E-state index in [4.69, 9.17) is 17.3 Å². The number of nitrogens with zero attached hydrogens (tertiary/aromatic N) is 2. The Labute approximate surface area is 87.1 Å². The first-order chi connectivity index (χ1) is 6.68. The minimum absolute atomic E-state index is 0.500. The van der Waals surface area contributed by atoms with Crippen LogP contribution >= 0.6 is 11.6 Å². The van der Waals surface area contributed by atoms with Gasteiger partial charge in [0, 0.05) is 17.6 Å². The van der Waals surface area contributed by atoms with Crippen molar-refractivity contribution in [3.8, 4) is 11.3 Å². The fraction of sp³-hybridized carbons (Fsp3) is 0.100. The summed E-state index contributed by atoms with van der Waals surface area (Å²) >= 11 is 5.89. The van der Waals surface area contributed by atoms with E-state index in [1.54, 1.807) is 6.20 Å². The van der Waals surface area contributed by atoms with E-state index in [-0.39, 0.29) is 0 Å². The second-order valence-corrected chi connectivity index (χ2v) is 3.51. The number of anilines is 1. The van der Waals surface area contributed by atoms with Crippen molar-refractivity contribution in [3.05, 3.63) is 35.5 Å². The van der Waals surface area contributed by atoms with Gasteiger partial charge in [-0.25, -0.2) is 4.98 Å². The van der Waals surface area contributed by atoms with Gasteiger partial charge in [0.25, 0.3) is 0 Å². The van der Waals surface area contributed by atoms with Gasteiger partial charge in [0.1, 0.15) is 0 Å². The molecule has 0 amide bonds. The Bertz CT molecular complexity index is 462. The molecular weight excluding hydrogens is 198 g/mol. The van der Waals surface area contributed by atoms with Crippen LogP contribution in [0.15, 0.2) is 30.5 Å². The van der Waals surface area contributed by atoms with Gasteiger partial charge in [-0.05, 0) is 12.1 Å². The zero-order chi connectivity index (χ0) is 10.1. The monoisotopic (exact) mass is 207 g/mol. The van der Waals surface area contributed by atoms with Gasteiger partial charge in [0.05, 0.1) is 11.9 Å². The van der Waals surface area contributed by atoms with Crippen molar-refractivity contribution in [1.82, 2.24) is 9.55 Å². The summed E-state index contributed by atoms with van der Waals surface area (Å²) in [5.41, 5.74) is 7.62. The van der Waals surface area contributed by atoms with Crippen LogP contribution in [-0.4, -0.2) is 9.55 Å². The Balaban J connectivity index is 2.55. The average molecular weight is 208 g/mol. The minimum Gasteiger partial charge on any atom is -0.369 e. The first-order valence-corrected chi connectivity index (χ1v) is 4.59. The van der Waals surface area contributed by atoms with Crippen LogP contribution in [0.2, 0.25) is 5.02 Å².